The lowest BCUT2D eigenvalue weighted by Gasteiger charge is -2.07. The van der Waals surface area contributed by atoms with Gasteiger partial charge in [0, 0.05) is 28.5 Å². The molecule has 0 aliphatic carbocycles. The highest BCUT2D eigenvalue weighted by atomic mass is 35.5. The van der Waals surface area contributed by atoms with Gasteiger partial charge < -0.3 is 5.32 Å². The number of benzene rings is 2. The number of nitrogens with zero attached hydrogens (tertiary/aromatic N) is 2. The Balaban J connectivity index is 1.72. The summed E-state index contributed by atoms with van der Waals surface area (Å²) in [7, 11) is 0. The number of imidazole rings is 1. The Morgan fingerprint density at radius 3 is 2.57 bits per heavy atom. The molecule has 0 saturated carbocycles. The van der Waals surface area contributed by atoms with E-state index >= 15 is 0 Å². The molecule has 0 aliphatic heterocycles. The zero-order chi connectivity index (χ0) is 21.3. The molecule has 2 heterocycles. The van der Waals surface area contributed by atoms with Gasteiger partial charge in [-0.2, -0.15) is 0 Å². The van der Waals surface area contributed by atoms with Crippen LogP contribution in [0.25, 0.3) is 23.0 Å². The minimum atomic E-state index is -0.225. The number of amides is 1. The Morgan fingerprint density at radius 2 is 1.80 bits per heavy atom. The molecule has 0 spiro atoms. The summed E-state index contributed by atoms with van der Waals surface area (Å²) in [5.41, 5.74) is 7.40. The van der Waals surface area contributed by atoms with E-state index in [1.165, 1.54) is 11.6 Å². The number of aryl methyl sites for hydroxylation is 2. The van der Waals surface area contributed by atoms with Crippen LogP contribution in [0.1, 0.15) is 22.4 Å². The summed E-state index contributed by atoms with van der Waals surface area (Å²) in [5.74, 6) is -0.225. The van der Waals surface area contributed by atoms with Crippen molar-refractivity contribution in [2.45, 2.75) is 20.8 Å². The number of carbonyl (C=O) groups excluding carboxylic acids is 1. The quantitative estimate of drug-likeness (QED) is 0.401. The highest BCUT2D eigenvalue weighted by Gasteiger charge is 2.13. The molecule has 0 saturated heterocycles. The van der Waals surface area contributed by atoms with Crippen molar-refractivity contribution < 1.29 is 4.79 Å². The molecule has 2 aromatic heterocycles. The van der Waals surface area contributed by atoms with Crippen molar-refractivity contribution in [3.8, 4) is 11.3 Å². The first-order valence-electron chi connectivity index (χ1n) is 9.72. The van der Waals surface area contributed by atoms with Crippen LogP contribution in [0.2, 0.25) is 5.02 Å². The number of halogens is 1. The molecule has 0 atom stereocenters. The van der Waals surface area contributed by atoms with Crippen molar-refractivity contribution in [3.63, 3.8) is 0 Å². The summed E-state index contributed by atoms with van der Waals surface area (Å²) in [5, 5.41) is 3.52. The highest BCUT2D eigenvalue weighted by Crippen LogP contribution is 2.27. The fourth-order valence-electron chi connectivity index (χ4n) is 3.32. The maximum absolute atomic E-state index is 12.6. The molecule has 0 fully saturated rings. The Bertz CT molecular complexity index is 1270. The van der Waals surface area contributed by atoms with Gasteiger partial charge in [0.1, 0.15) is 5.65 Å². The van der Waals surface area contributed by atoms with Crippen LogP contribution in [0.15, 0.2) is 66.9 Å². The van der Waals surface area contributed by atoms with Crippen molar-refractivity contribution in [2.24, 2.45) is 0 Å². The molecular formula is C25H22ClN3O. The van der Waals surface area contributed by atoms with Gasteiger partial charge in [-0.3, -0.25) is 9.20 Å². The Hall–Kier alpha value is -3.37. The van der Waals surface area contributed by atoms with Gasteiger partial charge in [0.25, 0.3) is 0 Å². The molecule has 4 rings (SSSR count). The second-order valence-corrected chi connectivity index (χ2v) is 7.79. The average molecular weight is 416 g/mol. The highest BCUT2D eigenvalue weighted by molar-refractivity contribution is 6.31. The lowest BCUT2D eigenvalue weighted by Crippen LogP contribution is -2.09. The van der Waals surface area contributed by atoms with Crippen LogP contribution >= 0.6 is 11.6 Å². The van der Waals surface area contributed by atoms with Crippen LogP contribution in [0.5, 0.6) is 0 Å². The molecule has 1 amide bonds. The minimum absolute atomic E-state index is 0.225. The summed E-state index contributed by atoms with van der Waals surface area (Å²) in [4.78, 5) is 17.4. The van der Waals surface area contributed by atoms with E-state index in [9.17, 15) is 4.79 Å². The normalized spacial score (nSPS) is 11.3. The summed E-state index contributed by atoms with van der Waals surface area (Å²) in [6.07, 6.45) is 5.31. The second-order valence-electron chi connectivity index (χ2n) is 7.38. The number of hydrogen-bond acceptors (Lipinski definition) is 2. The molecule has 0 aliphatic rings. The third kappa shape index (κ3) is 4.00. The summed E-state index contributed by atoms with van der Waals surface area (Å²) < 4.78 is 2.00. The molecule has 4 nitrogen and oxygen atoms in total. The van der Waals surface area contributed by atoms with E-state index in [-0.39, 0.29) is 5.91 Å². The van der Waals surface area contributed by atoms with Gasteiger partial charge in [-0.25, -0.2) is 4.98 Å². The van der Waals surface area contributed by atoms with Gasteiger partial charge in [-0.05, 0) is 62.2 Å². The van der Waals surface area contributed by atoms with Gasteiger partial charge in [-0.15, -0.1) is 0 Å². The van der Waals surface area contributed by atoms with Crippen LogP contribution < -0.4 is 5.32 Å². The van der Waals surface area contributed by atoms with E-state index in [0.717, 1.165) is 33.7 Å². The number of pyridine rings is 1. The lowest BCUT2D eigenvalue weighted by atomic mass is 10.1. The average Bonchev–Trinajstić information content (AvgIpc) is 3.08. The van der Waals surface area contributed by atoms with E-state index in [4.69, 9.17) is 16.6 Å². The fraction of sp³-hybridized carbons (Fsp3) is 0.120. The first-order valence-corrected chi connectivity index (χ1v) is 10.1. The molecule has 0 radical (unpaired) electrons. The Labute approximate surface area is 180 Å². The van der Waals surface area contributed by atoms with Crippen molar-refractivity contribution >= 4 is 34.9 Å². The number of hydrogen-bond donors (Lipinski definition) is 1. The van der Waals surface area contributed by atoms with Gasteiger partial charge in [0.15, 0.2) is 0 Å². The van der Waals surface area contributed by atoms with Crippen LogP contribution in [-0.2, 0) is 4.79 Å². The van der Waals surface area contributed by atoms with Crippen molar-refractivity contribution in [1.82, 2.24) is 9.38 Å². The number of fused-ring (bicyclic) bond motifs is 1. The number of aromatic nitrogens is 2. The molecular weight excluding hydrogens is 394 g/mol. The molecule has 5 heteroatoms. The van der Waals surface area contributed by atoms with Crippen LogP contribution in [-0.4, -0.2) is 15.3 Å². The van der Waals surface area contributed by atoms with E-state index in [1.54, 1.807) is 12.1 Å². The van der Waals surface area contributed by atoms with Crippen LogP contribution in [0, 0.1) is 20.8 Å². The first kappa shape index (κ1) is 19.9. The van der Waals surface area contributed by atoms with E-state index < -0.39 is 0 Å². The zero-order valence-corrected chi connectivity index (χ0v) is 17.9. The minimum Gasteiger partial charge on any atom is -0.322 e. The molecule has 4 aromatic rings. The first-order chi connectivity index (χ1) is 14.4. The van der Waals surface area contributed by atoms with E-state index in [0.29, 0.717) is 10.7 Å². The molecule has 150 valence electrons. The molecule has 2 aromatic carbocycles. The Kier molecular flexibility index (Phi) is 5.42. The summed E-state index contributed by atoms with van der Waals surface area (Å²) in [6, 6.07) is 17.7. The Morgan fingerprint density at radius 1 is 1.03 bits per heavy atom. The van der Waals surface area contributed by atoms with Gasteiger partial charge in [0.2, 0.25) is 5.91 Å². The monoisotopic (exact) mass is 415 g/mol. The van der Waals surface area contributed by atoms with Crippen LogP contribution in [0.3, 0.4) is 0 Å². The number of carbonyl (C=O) groups is 1. The maximum Gasteiger partial charge on any atom is 0.248 e. The maximum atomic E-state index is 12.6. The fourth-order valence-corrected chi connectivity index (χ4v) is 3.50. The smallest absolute Gasteiger partial charge is 0.248 e. The second kappa shape index (κ2) is 8.17. The third-order valence-corrected chi connectivity index (χ3v) is 5.47. The number of nitrogens with one attached hydrogen (secondary N) is 1. The number of anilines is 1. The number of rotatable bonds is 4. The van der Waals surface area contributed by atoms with Gasteiger partial charge in [0.05, 0.1) is 11.4 Å². The zero-order valence-electron chi connectivity index (χ0n) is 17.1. The van der Waals surface area contributed by atoms with Crippen LogP contribution in [0.4, 0.5) is 5.69 Å². The van der Waals surface area contributed by atoms with Crippen molar-refractivity contribution in [1.29, 1.82) is 0 Å². The predicted molar refractivity (Wildman–Crippen MR) is 124 cm³/mol. The topological polar surface area (TPSA) is 46.4 Å². The predicted octanol–water partition coefficient (Wildman–Crippen LogP) is 6.23. The molecule has 30 heavy (non-hydrogen) atoms. The van der Waals surface area contributed by atoms with Gasteiger partial charge in [-0.1, -0.05) is 47.5 Å². The molecule has 1 N–H and O–H groups in total. The summed E-state index contributed by atoms with van der Waals surface area (Å²) in [6.45, 7) is 5.97. The van der Waals surface area contributed by atoms with Gasteiger partial charge >= 0.3 is 0 Å². The SMILES string of the molecule is Cc1ccc(-c2nc3cc(C)ccn3c2/C=C/C(=O)Nc2cccc(Cl)c2C)cc1. The largest absolute Gasteiger partial charge is 0.322 e. The van der Waals surface area contributed by atoms with E-state index in [1.807, 2.05) is 48.7 Å². The summed E-state index contributed by atoms with van der Waals surface area (Å²) >= 11 is 6.15. The van der Waals surface area contributed by atoms with Crippen molar-refractivity contribution in [3.05, 3.63) is 94.3 Å². The third-order valence-electron chi connectivity index (χ3n) is 5.06. The van der Waals surface area contributed by atoms with Crippen molar-refractivity contribution in [2.75, 3.05) is 5.32 Å². The molecule has 0 unspecified atom stereocenters. The van der Waals surface area contributed by atoms with E-state index in [2.05, 4.69) is 36.5 Å². The molecule has 0 bridgehead atoms. The lowest BCUT2D eigenvalue weighted by molar-refractivity contribution is -0.111. The standard InChI is InChI=1S/C25H22ClN3O/c1-16-7-9-19(10-8-16)25-22(29-14-13-17(2)15-23(29)28-25)11-12-24(30)27-21-6-4-5-20(26)18(21)3/h4-15H,1-3H3,(H,27,30)/b12-11+.